The fraction of sp³-hybridized carbons (Fsp3) is 0.583. The Labute approximate surface area is 103 Å². The first-order chi connectivity index (χ1) is 7.92. The van der Waals surface area contributed by atoms with Crippen molar-refractivity contribution in [1.82, 2.24) is 9.29 Å². The molecule has 0 bridgehead atoms. The molecule has 0 spiro atoms. The molecule has 0 N–H and O–H groups in total. The van der Waals surface area contributed by atoms with E-state index < -0.39 is 10.0 Å². The number of piperidine rings is 1. The van der Waals surface area contributed by atoms with Crippen molar-refractivity contribution in [3.8, 4) is 0 Å². The first-order valence-electron chi connectivity index (χ1n) is 5.82. The smallest absolute Gasteiger partial charge is 0.244 e. The van der Waals surface area contributed by atoms with Crippen molar-refractivity contribution in [2.24, 2.45) is 5.41 Å². The summed E-state index contributed by atoms with van der Waals surface area (Å²) < 4.78 is 26.1. The van der Waals surface area contributed by atoms with Crippen LogP contribution in [0.1, 0.15) is 26.7 Å². The van der Waals surface area contributed by atoms with Crippen molar-refractivity contribution < 1.29 is 8.42 Å². The normalized spacial score (nSPS) is 21.3. The molecular formula is C12H18N2O2S. The lowest BCUT2D eigenvalue weighted by Crippen LogP contribution is -2.41. The van der Waals surface area contributed by atoms with Crippen molar-refractivity contribution in [2.75, 3.05) is 13.1 Å². The van der Waals surface area contributed by atoms with Gasteiger partial charge in [-0.05, 0) is 30.4 Å². The highest BCUT2D eigenvalue weighted by Gasteiger charge is 2.32. The summed E-state index contributed by atoms with van der Waals surface area (Å²) in [7, 11) is -3.34. The molecule has 17 heavy (non-hydrogen) atoms. The van der Waals surface area contributed by atoms with Gasteiger partial charge < -0.3 is 0 Å². The molecule has 1 aromatic heterocycles. The quantitative estimate of drug-likeness (QED) is 0.810. The molecule has 0 saturated carbocycles. The topological polar surface area (TPSA) is 50.3 Å². The summed E-state index contributed by atoms with van der Waals surface area (Å²) in [4.78, 5) is 4.16. The van der Waals surface area contributed by atoms with Gasteiger partial charge >= 0.3 is 0 Å². The molecule has 1 fully saturated rings. The first kappa shape index (κ1) is 12.5. The summed E-state index contributed by atoms with van der Waals surface area (Å²) in [6.07, 6.45) is 4.81. The van der Waals surface area contributed by atoms with Crippen LogP contribution in [0.5, 0.6) is 0 Å². The van der Waals surface area contributed by atoms with E-state index in [-0.39, 0.29) is 5.41 Å². The number of hydrogen-bond acceptors (Lipinski definition) is 3. The maximum absolute atomic E-state index is 12.3. The van der Waals surface area contributed by atoms with Gasteiger partial charge in [0.15, 0.2) is 0 Å². The van der Waals surface area contributed by atoms with E-state index in [4.69, 9.17) is 0 Å². The van der Waals surface area contributed by atoms with E-state index in [1.54, 1.807) is 22.6 Å². The average Bonchev–Trinajstić information content (AvgIpc) is 2.29. The van der Waals surface area contributed by atoms with E-state index in [0.29, 0.717) is 18.0 Å². The minimum atomic E-state index is -3.34. The molecule has 0 aromatic carbocycles. The van der Waals surface area contributed by atoms with E-state index in [0.717, 1.165) is 12.8 Å². The number of pyridine rings is 1. The molecule has 0 unspecified atom stereocenters. The van der Waals surface area contributed by atoms with Gasteiger partial charge in [-0.25, -0.2) is 8.42 Å². The van der Waals surface area contributed by atoms with Crippen LogP contribution in [0.25, 0.3) is 0 Å². The second-order valence-corrected chi connectivity index (χ2v) is 7.19. The van der Waals surface area contributed by atoms with Gasteiger partial charge in [-0.3, -0.25) is 4.98 Å². The van der Waals surface area contributed by atoms with Crippen LogP contribution in [0, 0.1) is 5.41 Å². The van der Waals surface area contributed by atoms with E-state index in [9.17, 15) is 8.42 Å². The standard InChI is InChI=1S/C12H18N2O2S/c1-12(2)5-8-14(9-6-12)17(15,16)11-4-3-7-13-10-11/h3-4,7,10H,5-6,8-9H2,1-2H3. The minimum absolute atomic E-state index is 0.251. The van der Waals surface area contributed by atoms with Crippen LogP contribution in [-0.2, 0) is 10.0 Å². The lowest BCUT2D eigenvalue weighted by molar-refractivity contribution is 0.196. The monoisotopic (exact) mass is 254 g/mol. The van der Waals surface area contributed by atoms with Crippen molar-refractivity contribution in [3.05, 3.63) is 24.5 Å². The van der Waals surface area contributed by atoms with Gasteiger partial charge in [0.1, 0.15) is 4.90 Å². The molecule has 2 heterocycles. The summed E-state index contributed by atoms with van der Waals surface area (Å²) in [6.45, 7) is 5.57. The zero-order valence-corrected chi connectivity index (χ0v) is 11.1. The molecule has 0 radical (unpaired) electrons. The zero-order valence-electron chi connectivity index (χ0n) is 10.3. The average molecular weight is 254 g/mol. The lowest BCUT2D eigenvalue weighted by atomic mass is 9.83. The van der Waals surface area contributed by atoms with Crippen LogP contribution < -0.4 is 0 Å². The Balaban J connectivity index is 2.19. The highest BCUT2D eigenvalue weighted by molar-refractivity contribution is 7.89. The van der Waals surface area contributed by atoms with Crippen LogP contribution in [0.2, 0.25) is 0 Å². The van der Waals surface area contributed by atoms with Gasteiger partial charge in [-0.2, -0.15) is 4.31 Å². The van der Waals surface area contributed by atoms with Crippen molar-refractivity contribution >= 4 is 10.0 Å². The Kier molecular flexibility index (Phi) is 3.23. The molecule has 1 aliphatic rings. The largest absolute Gasteiger partial charge is 0.263 e. The van der Waals surface area contributed by atoms with Crippen molar-refractivity contribution in [3.63, 3.8) is 0 Å². The van der Waals surface area contributed by atoms with Crippen molar-refractivity contribution in [1.29, 1.82) is 0 Å². The zero-order chi connectivity index (χ0) is 12.5. The molecule has 1 saturated heterocycles. The van der Waals surface area contributed by atoms with Crippen molar-refractivity contribution in [2.45, 2.75) is 31.6 Å². The minimum Gasteiger partial charge on any atom is -0.263 e. The van der Waals surface area contributed by atoms with Crippen LogP contribution >= 0.6 is 0 Å². The predicted molar refractivity (Wildman–Crippen MR) is 66.0 cm³/mol. The maximum Gasteiger partial charge on any atom is 0.244 e. The van der Waals surface area contributed by atoms with Gasteiger partial charge in [-0.15, -0.1) is 0 Å². The van der Waals surface area contributed by atoms with Gasteiger partial charge in [0.25, 0.3) is 0 Å². The van der Waals surface area contributed by atoms with E-state index in [1.807, 2.05) is 0 Å². The Bertz CT molecular complexity index is 472. The molecule has 1 aliphatic heterocycles. The molecule has 5 heteroatoms. The van der Waals surface area contributed by atoms with Gasteiger partial charge in [-0.1, -0.05) is 13.8 Å². The molecule has 0 amide bonds. The molecular weight excluding hydrogens is 236 g/mol. The van der Waals surface area contributed by atoms with Gasteiger partial charge in [0.05, 0.1) is 0 Å². The third-order valence-corrected chi connectivity index (χ3v) is 5.23. The Hall–Kier alpha value is -0.940. The third kappa shape index (κ3) is 2.66. The van der Waals surface area contributed by atoms with Crippen LogP contribution in [0.15, 0.2) is 29.4 Å². The summed E-state index contributed by atoms with van der Waals surface area (Å²) >= 11 is 0. The fourth-order valence-electron chi connectivity index (χ4n) is 1.98. The molecule has 0 aliphatic carbocycles. The number of nitrogens with zero attached hydrogens (tertiary/aromatic N) is 2. The predicted octanol–water partition coefficient (Wildman–Crippen LogP) is 1.89. The fourth-order valence-corrected chi connectivity index (χ4v) is 3.39. The highest BCUT2D eigenvalue weighted by Crippen LogP contribution is 2.32. The number of rotatable bonds is 2. The second kappa shape index (κ2) is 4.38. The Morgan fingerprint density at radius 3 is 2.47 bits per heavy atom. The summed E-state index contributed by atoms with van der Waals surface area (Å²) in [5.41, 5.74) is 0.251. The Morgan fingerprint density at radius 2 is 1.94 bits per heavy atom. The number of sulfonamides is 1. The van der Waals surface area contributed by atoms with Crippen LogP contribution in [0.4, 0.5) is 0 Å². The first-order valence-corrected chi connectivity index (χ1v) is 7.26. The number of aromatic nitrogens is 1. The second-order valence-electron chi connectivity index (χ2n) is 5.26. The SMILES string of the molecule is CC1(C)CCN(S(=O)(=O)c2cccnc2)CC1. The molecule has 0 atom stereocenters. The van der Waals surface area contributed by atoms with Gasteiger partial charge in [0, 0.05) is 25.5 Å². The third-order valence-electron chi connectivity index (χ3n) is 3.35. The van der Waals surface area contributed by atoms with Crippen LogP contribution in [0.3, 0.4) is 0 Å². The molecule has 2 rings (SSSR count). The molecule has 4 nitrogen and oxygen atoms in total. The maximum atomic E-state index is 12.3. The lowest BCUT2D eigenvalue weighted by Gasteiger charge is -2.36. The summed E-state index contributed by atoms with van der Waals surface area (Å²) in [6, 6.07) is 3.25. The van der Waals surface area contributed by atoms with Crippen LogP contribution in [-0.4, -0.2) is 30.8 Å². The molecule has 94 valence electrons. The van der Waals surface area contributed by atoms with E-state index in [1.165, 1.54) is 6.20 Å². The summed E-state index contributed by atoms with van der Waals surface area (Å²) in [5.74, 6) is 0. The Morgan fingerprint density at radius 1 is 1.29 bits per heavy atom. The van der Waals surface area contributed by atoms with Gasteiger partial charge in [0.2, 0.25) is 10.0 Å². The number of hydrogen-bond donors (Lipinski definition) is 0. The van der Waals surface area contributed by atoms with E-state index in [2.05, 4.69) is 18.8 Å². The molecule has 1 aromatic rings. The summed E-state index contributed by atoms with van der Waals surface area (Å²) in [5, 5.41) is 0. The van der Waals surface area contributed by atoms with E-state index >= 15 is 0 Å². The highest BCUT2D eigenvalue weighted by atomic mass is 32.2.